The van der Waals surface area contributed by atoms with Crippen molar-refractivity contribution >= 4 is 19.8 Å². The lowest BCUT2D eigenvalue weighted by atomic mass is 10.0. The number of esters is 2. The monoisotopic (exact) mass is 757 g/mol. The number of carbonyl (C=O) groups excluding carboxylic acids is 2. The first-order valence-corrected chi connectivity index (χ1v) is 22.2. The molecule has 0 saturated carbocycles. The predicted molar refractivity (Wildman–Crippen MR) is 215 cm³/mol. The van der Waals surface area contributed by atoms with Crippen LogP contribution in [-0.2, 0) is 32.7 Å². The fraction of sp³-hybridized carbons (Fsp3) is 0.810. The molecular weight excluding hydrogens is 677 g/mol. The quantitative estimate of drug-likeness (QED) is 0.0219. The summed E-state index contributed by atoms with van der Waals surface area (Å²) in [7, 11) is 1.46. The maximum atomic E-state index is 12.6. The highest BCUT2D eigenvalue weighted by molar-refractivity contribution is 7.47. The lowest BCUT2D eigenvalue weighted by Gasteiger charge is -2.24. The van der Waals surface area contributed by atoms with E-state index in [2.05, 4.69) is 50.3 Å². The summed E-state index contributed by atoms with van der Waals surface area (Å²) in [6, 6.07) is 0. The maximum absolute atomic E-state index is 12.6. The van der Waals surface area contributed by atoms with Gasteiger partial charge < -0.3 is 18.9 Å². The van der Waals surface area contributed by atoms with Gasteiger partial charge in [0.05, 0.1) is 27.7 Å². The van der Waals surface area contributed by atoms with Crippen molar-refractivity contribution in [2.45, 2.75) is 174 Å². The van der Waals surface area contributed by atoms with E-state index in [1.54, 1.807) is 0 Å². The van der Waals surface area contributed by atoms with Crippen LogP contribution in [0.5, 0.6) is 0 Å². The molecule has 2 unspecified atom stereocenters. The second-order valence-electron chi connectivity index (χ2n) is 15.0. The second-order valence-corrected chi connectivity index (χ2v) is 16.5. The first-order chi connectivity index (χ1) is 25.0. The van der Waals surface area contributed by atoms with Crippen molar-refractivity contribution in [2.75, 3.05) is 47.5 Å². The van der Waals surface area contributed by atoms with E-state index in [1.807, 2.05) is 21.1 Å². The van der Waals surface area contributed by atoms with Gasteiger partial charge in [0.2, 0.25) is 0 Å². The number of hydrogen-bond donors (Lipinski definition) is 1. The number of hydrogen-bond acceptors (Lipinski definition) is 7. The van der Waals surface area contributed by atoms with Crippen LogP contribution in [0.4, 0.5) is 0 Å². The van der Waals surface area contributed by atoms with E-state index in [0.29, 0.717) is 17.4 Å². The van der Waals surface area contributed by atoms with Gasteiger partial charge in [-0.05, 0) is 44.9 Å². The molecule has 0 heterocycles. The van der Waals surface area contributed by atoms with Crippen LogP contribution in [0.3, 0.4) is 0 Å². The molecule has 0 radical (unpaired) electrons. The van der Waals surface area contributed by atoms with Crippen LogP contribution in [-0.4, -0.2) is 74.9 Å². The first kappa shape index (κ1) is 50.2. The third-order valence-corrected chi connectivity index (χ3v) is 9.64. The molecular formula is C42H79NO8P+. The minimum absolute atomic E-state index is 0.0284. The van der Waals surface area contributed by atoms with Crippen LogP contribution in [0.15, 0.2) is 36.5 Å². The third-order valence-electron chi connectivity index (χ3n) is 8.65. The van der Waals surface area contributed by atoms with Crippen molar-refractivity contribution in [2.24, 2.45) is 0 Å². The van der Waals surface area contributed by atoms with Gasteiger partial charge in [0.25, 0.3) is 0 Å². The molecule has 0 saturated heterocycles. The van der Waals surface area contributed by atoms with Crippen LogP contribution in [0.1, 0.15) is 168 Å². The minimum atomic E-state index is -4.37. The number of likely N-dealkylation sites (N-methyl/N-ethyl adjacent to an activating group) is 1. The average Bonchev–Trinajstić information content (AvgIpc) is 3.09. The largest absolute Gasteiger partial charge is 0.472 e. The Balaban J connectivity index is 4.43. The Bertz CT molecular complexity index is 991. The van der Waals surface area contributed by atoms with E-state index < -0.39 is 26.5 Å². The van der Waals surface area contributed by atoms with Gasteiger partial charge in [-0.3, -0.25) is 18.6 Å². The molecule has 0 bridgehead atoms. The number of phosphoric acid groups is 1. The lowest BCUT2D eigenvalue weighted by Crippen LogP contribution is -2.37. The molecule has 10 heteroatoms. The lowest BCUT2D eigenvalue weighted by molar-refractivity contribution is -0.870. The number of nitrogens with zero attached hydrogens (tertiary/aromatic N) is 1. The molecule has 9 nitrogen and oxygen atoms in total. The van der Waals surface area contributed by atoms with Crippen molar-refractivity contribution in [1.82, 2.24) is 0 Å². The molecule has 0 aromatic rings. The Morgan fingerprint density at radius 1 is 0.596 bits per heavy atom. The van der Waals surface area contributed by atoms with Gasteiger partial charge in [-0.25, -0.2) is 4.57 Å². The minimum Gasteiger partial charge on any atom is -0.462 e. The molecule has 0 aliphatic rings. The summed E-state index contributed by atoms with van der Waals surface area (Å²) in [5, 5.41) is 0. The molecule has 1 N–H and O–H groups in total. The fourth-order valence-electron chi connectivity index (χ4n) is 5.38. The number of phosphoric ester groups is 1. The predicted octanol–water partition coefficient (Wildman–Crippen LogP) is 11.4. The maximum Gasteiger partial charge on any atom is 0.472 e. The highest BCUT2D eigenvalue weighted by atomic mass is 31.2. The van der Waals surface area contributed by atoms with Crippen LogP contribution >= 0.6 is 7.82 Å². The molecule has 0 amide bonds. The van der Waals surface area contributed by atoms with E-state index in [-0.39, 0.29) is 32.0 Å². The Kier molecular flexibility index (Phi) is 33.8. The summed E-state index contributed by atoms with van der Waals surface area (Å²) < 4.78 is 34.2. The molecule has 52 heavy (non-hydrogen) atoms. The van der Waals surface area contributed by atoms with E-state index in [0.717, 1.165) is 70.6 Å². The van der Waals surface area contributed by atoms with E-state index in [4.69, 9.17) is 18.5 Å². The number of carbonyl (C=O) groups is 2. The van der Waals surface area contributed by atoms with Crippen LogP contribution in [0, 0.1) is 0 Å². The van der Waals surface area contributed by atoms with E-state index in [9.17, 15) is 19.0 Å². The summed E-state index contributed by atoms with van der Waals surface area (Å²) in [5.41, 5.74) is 0. The Labute approximate surface area is 319 Å². The SMILES string of the molecule is CCC/C=C\C/C=C\C/C=C\CCCCCCCC(=O)OC(COC(=O)CCCCCCCCCCCCCC)COP(=O)(O)OCC[N+](C)(C)C. The Hall–Kier alpha value is -1.77. The molecule has 0 spiro atoms. The number of rotatable bonds is 37. The summed E-state index contributed by atoms with van der Waals surface area (Å²) >= 11 is 0. The van der Waals surface area contributed by atoms with Crippen molar-refractivity contribution in [3.8, 4) is 0 Å². The zero-order chi connectivity index (χ0) is 38.6. The van der Waals surface area contributed by atoms with E-state index >= 15 is 0 Å². The highest BCUT2D eigenvalue weighted by Crippen LogP contribution is 2.43. The zero-order valence-electron chi connectivity index (χ0n) is 34.0. The highest BCUT2D eigenvalue weighted by Gasteiger charge is 2.27. The van der Waals surface area contributed by atoms with Crippen LogP contribution in [0.25, 0.3) is 0 Å². The van der Waals surface area contributed by atoms with Gasteiger partial charge in [0, 0.05) is 12.8 Å². The van der Waals surface area contributed by atoms with Crippen molar-refractivity contribution in [3.63, 3.8) is 0 Å². The number of quaternary nitrogens is 1. The van der Waals surface area contributed by atoms with Crippen molar-refractivity contribution in [1.29, 1.82) is 0 Å². The number of ether oxygens (including phenoxy) is 2. The third kappa shape index (κ3) is 38.0. The second kappa shape index (κ2) is 35.0. The first-order valence-electron chi connectivity index (χ1n) is 20.7. The normalized spacial score (nSPS) is 14.0. The molecule has 304 valence electrons. The standard InChI is InChI=1S/C42H78NO8P/c1-6-8-10-12-14-16-18-20-21-22-23-25-27-29-31-33-35-42(45)51-40(39-50-52(46,47)49-37-36-43(3,4)5)38-48-41(44)34-32-30-28-26-24-19-17-15-13-11-9-7-2/h10,12,16,18,21-22,40H,6-9,11,13-15,17,19-20,23-39H2,1-5H3/p+1/b12-10-,18-16-,22-21-. The molecule has 0 aliphatic heterocycles. The molecule has 0 aromatic carbocycles. The molecule has 0 aromatic heterocycles. The smallest absolute Gasteiger partial charge is 0.462 e. The van der Waals surface area contributed by atoms with Crippen LogP contribution < -0.4 is 0 Å². The number of allylic oxidation sites excluding steroid dienone is 6. The summed E-state index contributed by atoms with van der Waals surface area (Å²) in [5.74, 6) is -0.817. The fourth-order valence-corrected chi connectivity index (χ4v) is 6.12. The molecule has 0 rings (SSSR count). The summed E-state index contributed by atoms with van der Waals surface area (Å²) in [4.78, 5) is 35.3. The molecule has 0 fully saturated rings. The topological polar surface area (TPSA) is 108 Å². The molecule has 0 aliphatic carbocycles. The van der Waals surface area contributed by atoms with Crippen LogP contribution in [0.2, 0.25) is 0 Å². The van der Waals surface area contributed by atoms with Crippen molar-refractivity contribution < 1.29 is 42.1 Å². The van der Waals surface area contributed by atoms with Gasteiger partial charge in [-0.15, -0.1) is 0 Å². The Morgan fingerprint density at radius 3 is 1.62 bits per heavy atom. The zero-order valence-corrected chi connectivity index (χ0v) is 34.9. The summed E-state index contributed by atoms with van der Waals surface area (Å²) in [6.45, 7) is 4.32. The van der Waals surface area contributed by atoms with Gasteiger partial charge in [0.1, 0.15) is 19.8 Å². The van der Waals surface area contributed by atoms with Crippen molar-refractivity contribution in [3.05, 3.63) is 36.5 Å². The van der Waals surface area contributed by atoms with E-state index in [1.165, 1.54) is 64.2 Å². The molecule has 2 atom stereocenters. The van der Waals surface area contributed by atoms with Gasteiger partial charge >= 0.3 is 19.8 Å². The number of unbranched alkanes of at least 4 members (excludes halogenated alkanes) is 17. The van der Waals surface area contributed by atoms with Gasteiger partial charge in [-0.1, -0.05) is 147 Å². The van der Waals surface area contributed by atoms with Gasteiger partial charge in [0.15, 0.2) is 6.10 Å². The average molecular weight is 757 g/mol. The summed E-state index contributed by atoms with van der Waals surface area (Å²) in [6.07, 6.45) is 37.5. The Morgan fingerprint density at radius 2 is 1.08 bits per heavy atom. The van der Waals surface area contributed by atoms with Gasteiger partial charge in [-0.2, -0.15) is 0 Å².